The molecule has 0 unspecified atom stereocenters. The van der Waals surface area contributed by atoms with Crippen molar-refractivity contribution in [3.63, 3.8) is 0 Å². The third-order valence-corrected chi connectivity index (χ3v) is 4.26. The summed E-state index contributed by atoms with van der Waals surface area (Å²) in [4.78, 5) is 4.50. The first-order valence-electron chi connectivity index (χ1n) is 6.94. The fraction of sp³-hybridized carbons (Fsp3) is 0.600. The van der Waals surface area contributed by atoms with Gasteiger partial charge in [0.1, 0.15) is 0 Å². The minimum Gasteiger partial charge on any atom is -0.373 e. The van der Waals surface area contributed by atoms with Gasteiger partial charge in [0.2, 0.25) is 0 Å². The summed E-state index contributed by atoms with van der Waals surface area (Å²) in [6, 6.07) is 7.42. The van der Waals surface area contributed by atoms with Crippen molar-refractivity contribution in [2.24, 2.45) is 0 Å². The van der Waals surface area contributed by atoms with Gasteiger partial charge in [-0.3, -0.25) is 0 Å². The SMILES string of the molecule is CN(C)CCN(C)c1ccc(CNC2CC2)c(Br)c1. The van der Waals surface area contributed by atoms with Gasteiger partial charge in [-0.25, -0.2) is 0 Å². The summed E-state index contributed by atoms with van der Waals surface area (Å²) >= 11 is 3.69. The lowest BCUT2D eigenvalue weighted by molar-refractivity contribution is 0.416. The standard InChI is InChI=1S/C15H24BrN3/c1-18(2)8-9-19(3)14-7-4-12(15(16)10-14)11-17-13-5-6-13/h4,7,10,13,17H,5-6,8-9,11H2,1-3H3. The van der Waals surface area contributed by atoms with E-state index in [2.05, 4.69) is 70.4 Å². The lowest BCUT2D eigenvalue weighted by Crippen LogP contribution is -2.28. The number of rotatable bonds is 7. The number of anilines is 1. The van der Waals surface area contributed by atoms with Crippen molar-refractivity contribution in [2.75, 3.05) is 39.1 Å². The van der Waals surface area contributed by atoms with Gasteiger partial charge in [0.25, 0.3) is 0 Å². The molecule has 19 heavy (non-hydrogen) atoms. The van der Waals surface area contributed by atoms with Gasteiger partial charge in [-0.05, 0) is 44.6 Å². The molecule has 0 aliphatic heterocycles. The molecule has 1 N–H and O–H groups in total. The largest absolute Gasteiger partial charge is 0.373 e. The molecule has 0 saturated heterocycles. The van der Waals surface area contributed by atoms with Crippen LogP contribution in [0.4, 0.5) is 5.69 Å². The number of benzene rings is 1. The monoisotopic (exact) mass is 325 g/mol. The van der Waals surface area contributed by atoms with Crippen LogP contribution in [0.1, 0.15) is 18.4 Å². The minimum atomic E-state index is 0.759. The topological polar surface area (TPSA) is 18.5 Å². The Labute approximate surface area is 125 Å². The first kappa shape index (κ1) is 14.8. The first-order valence-corrected chi connectivity index (χ1v) is 7.73. The molecule has 0 amide bonds. The molecule has 1 aliphatic carbocycles. The molecule has 0 spiro atoms. The van der Waals surface area contributed by atoms with Crippen molar-refractivity contribution < 1.29 is 0 Å². The van der Waals surface area contributed by atoms with Crippen LogP contribution in [0.25, 0.3) is 0 Å². The maximum atomic E-state index is 3.69. The van der Waals surface area contributed by atoms with Gasteiger partial charge in [-0.1, -0.05) is 22.0 Å². The number of nitrogens with one attached hydrogen (secondary N) is 1. The Bertz CT molecular complexity index is 416. The summed E-state index contributed by atoms with van der Waals surface area (Å²) in [5.74, 6) is 0. The van der Waals surface area contributed by atoms with Gasteiger partial charge < -0.3 is 15.1 Å². The van der Waals surface area contributed by atoms with Crippen LogP contribution < -0.4 is 10.2 Å². The molecular formula is C15H24BrN3. The summed E-state index contributed by atoms with van der Waals surface area (Å²) in [5, 5.41) is 3.55. The maximum Gasteiger partial charge on any atom is 0.0375 e. The highest BCUT2D eigenvalue weighted by Gasteiger charge is 2.20. The van der Waals surface area contributed by atoms with Crippen LogP contribution in [0.5, 0.6) is 0 Å². The Morgan fingerprint density at radius 2 is 1.95 bits per heavy atom. The highest BCUT2D eigenvalue weighted by molar-refractivity contribution is 9.10. The average molecular weight is 326 g/mol. The molecule has 3 nitrogen and oxygen atoms in total. The van der Waals surface area contributed by atoms with E-state index in [0.717, 1.165) is 25.7 Å². The van der Waals surface area contributed by atoms with E-state index in [1.807, 2.05) is 0 Å². The van der Waals surface area contributed by atoms with E-state index in [1.165, 1.54) is 28.6 Å². The molecule has 0 aromatic heterocycles. The Kier molecular flexibility index (Phi) is 5.25. The van der Waals surface area contributed by atoms with Crippen LogP contribution in [0, 0.1) is 0 Å². The fourth-order valence-corrected chi connectivity index (χ4v) is 2.44. The van der Waals surface area contributed by atoms with Crippen LogP contribution in [-0.4, -0.2) is 45.2 Å². The van der Waals surface area contributed by atoms with E-state index in [0.29, 0.717) is 0 Å². The molecule has 4 heteroatoms. The summed E-state index contributed by atoms with van der Waals surface area (Å²) in [5.41, 5.74) is 2.61. The van der Waals surface area contributed by atoms with Crippen molar-refractivity contribution in [1.82, 2.24) is 10.2 Å². The summed E-state index contributed by atoms with van der Waals surface area (Å²) in [6.45, 7) is 3.07. The van der Waals surface area contributed by atoms with Crippen molar-refractivity contribution in [1.29, 1.82) is 0 Å². The summed E-state index contributed by atoms with van der Waals surface area (Å²) in [7, 11) is 6.36. The molecule has 106 valence electrons. The second-order valence-electron chi connectivity index (χ2n) is 5.66. The zero-order valence-corrected chi connectivity index (χ0v) is 13.7. The normalized spacial score (nSPS) is 15.0. The van der Waals surface area contributed by atoms with Gasteiger partial charge in [0, 0.05) is 42.9 Å². The number of nitrogens with zero attached hydrogens (tertiary/aromatic N) is 2. The van der Waals surface area contributed by atoms with Gasteiger partial charge in [0.05, 0.1) is 0 Å². The van der Waals surface area contributed by atoms with Gasteiger partial charge >= 0.3 is 0 Å². The van der Waals surface area contributed by atoms with Crippen LogP contribution >= 0.6 is 15.9 Å². The second-order valence-corrected chi connectivity index (χ2v) is 6.51. The molecule has 0 bridgehead atoms. The molecule has 0 radical (unpaired) electrons. The van der Waals surface area contributed by atoms with E-state index in [1.54, 1.807) is 0 Å². The van der Waals surface area contributed by atoms with E-state index >= 15 is 0 Å². The lowest BCUT2D eigenvalue weighted by atomic mass is 10.2. The van der Waals surface area contributed by atoms with E-state index in [4.69, 9.17) is 0 Å². The number of likely N-dealkylation sites (N-methyl/N-ethyl adjacent to an activating group) is 2. The number of hydrogen-bond donors (Lipinski definition) is 1. The third-order valence-electron chi connectivity index (χ3n) is 3.52. The molecule has 1 aromatic rings. The van der Waals surface area contributed by atoms with Crippen molar-refractivity contribution in [3.05, 3.63) is 28.2 Å². The van der Waals surface area contributed by atoms with Crippen molar-refractivity contribution in [3.8, 4) is 0 Å². The quantitative estimate of drug-likeness (QED) is 0.831. The fourth-order valence-electron chi connectivity index (χ4n) is 1.94. The van der Waals surface area contributed by atoms with E-state index in [9.17, 15) is 0 Å². The average Bonchev–Trinajstić information content (AvgIpc) is 3.18. The zero-order chi connectivity index (χ0) is 13.8. The van der Waals surface area contributed by atoms with E-state index < -0.39 is 0 Å². The molecule has 1 fully saturated rings. The van der Waals surface area contributed by atoms with Gasteiger partial charge in [0.15, 0.2) is 0 Å². The summed E-state index contributed by atoms with van der Waals surface area (Å²) < 4.78 is 1.20. The smallest absolute Gasteiger partial charge is 0.0375 e. The highest BCUT2D eigenvalue weighted by atomic mass is 79.9. The lowest BCUT2D eigenvalue weighted by Gasteiger charge is -2.22. The Morgan fingerprint density at radius 1 is 1.21 bits per heavy atom. The second kappa shape index (κ2) is 6.73. The minimum absolute atomic E-state index is 0.759. The molecular weight excluding hydrogens is 302 g/mol. The molecule has 0 atom stereocenters. The summed E-state index contributed by atoms with van der Waals surface area (Å²) in [6.07, 6.45) is 2.67. The van der Waals surface area contributed by atoms with Crippen LogP contribution in [0.3, 0.4) is 0 Å². The third kappa shape index (κ3) is 4.79. The Morgan fingerprint density at radius 3 is 2.53 bits per heavy atom. The molecule has 1 saturated carbocycles. The first-order chi connectivity index (χ1) is 9.06. The Hall–Kier alpha value is -0.580. The number of halogens is 1. The molecule has 1 aliphatic rings. The van der Waals surface area contributed by atoms with Crippen molar-refractivity contribution in [2.45, 2.75) is 25.4 Å². The van der Waals surface area contributed by atoms with E-state index in [-0.39, 0.29) is 0 Å². The van der Waals surface area contributed by atoms with Crippen molar-refractivity contribution >= 4 is 21.6 Å². The predicted octanol–water partition coefficient (Wildman–Crippen LogP) is 2.70. The molecule has 0 heterocycles. The van der Waals surface area contributed by atoms with Crippen LogP contribution in [0.15, 0.2) is 22.7 Å². The predicted molar refractivity (Wildman–Crippen MR) is 85.8 cm³/mol. The Balaban J connectivity index is 1.92. The highest BCUT2D eigenvalue weighted by Crippen LogP contribution is 2.25. The maximum absolute atomic E-state index is 3.69. The van der Waals surface area contributed by atoms with Gasteiger partial charge in [-0.15, -0.1) is 0 Å². The number of hydrogen-bond acceptors (Lipinski definition) is 3. The molecule has 1 aromatic carbocycles. The van der Waals surface area contributed by atoms with Gasteiger partial charge in [-0.2, -0.15) is 0 Å². The van der Waals surface area contributed by atoms with Crippen LogP contribution in [-0.2, 0) is 6.54 Å². The molecule has 2 rings (SSSR count). The van der Waals surface area contributed by atoms with Crippen LogP contribution in [0.2, 0.25) is 0 Å². The zero-order valence-electron chi connectivity index (χ0n) is 12.1.